The van der Waals surface area contributed by atoms with E-state index in [4.69, 9.17) is 9.47 Å². The molecule has 0 bridgehead atoms. The molecule has 23 heavy (non-hydrogen) atoms. The van der Waals surface area contributed by atoms with Gasteiger partial charge in [-0.15, -0.1) is 24.0 Å². The third kappa shape index (κ3) is 9.65. The first kappa shape index (κ1) is 22.0. The Morgan fingerprint density at radius 1 is 1.13 bits per heavy atom. The number of halogens is 1. The van der Waals surface area contributed by atoms with Gasteiger partial charge in [-0.2, -0.15) is 0 Å². The lowest BCUT2D eigenvalue weighted by Crippen LogP contribution is -2.39. The first-order valence-electron chi connectivity index (χ1n) is 7.96. The third-order valence-corrected chi connectivity index (χ3v) is 3.29. The highest BCUT2D eigenvalue weighted by atomic mass is 127. The number of unbranched alkanes of at least 4 members (excludes halogenated alkanes) is 2. The maximum atomic E-state index is 5.67. The molecule has 0 fully saturated rings. The molecule has 2 N–H and O–H groups in total. The third-order valence-electron chi connectivity index (χ3n) is 3.29. The lowest BCUT2D eigenvalue weighted by molar-refractivity contribution is 0.123. The lowest BCUT2D eigenvalue weighted by atomic mass is 10.2. The van der Waals surface area contributed by atoms with E-state index in [1.54, 1.807) is 14.2 Å². The zero-order valence-electron chi connectivity index (χ0n) is 14.4. The Bertz CT molecular complexity index is 442. The van der Waals surface area contributed by atoms with Gasteiger partial charge in [0.25, 0.3) is 0 Å². The maximum Gasteiger partial charge on any atom is 0.191 e. The number of para-hydroxylation sites is 1. The van der Waals surface area contributed by atoms with Crippen molar-refractivity contribution in [2.45, 2.75) is 32.8 Å². The second kappa shape index (κ2) is 14.6. The fourth-order valence-corrected chi connectivity index (χ4v) is 2.05. The van der Waals surface area contributed by atoms with Gasteiger partial charge in [-0.1, -0.05) is 38.0 Å². The number of hydrogen-bond donors (Lipinski definition) is 2. The van der Waals surface area contributed by atoms with Crippen LogP contribution < -0.4 is 15.4 Å². The van der Waals surface area contributed by atoms with E-state index >= 15 is 0 Å². The highest BCUT2D eigenvalue weighted by Gasteiger charge is 2.01. The summed E-state index contributed by atoms with van der Waals surface area (Å²) in [5.74, 6) is 1.70. The van der Waals surface area contributed by atoms with E-state index in [1.807, 2.05) is 24.3 Å². The molecule has 0 spiro atoms. The molecule has 132 valence electrons. The molecule has 0 saturated heterocycles. The number of guanidine groups is 1. The van der Waals surface area contributed by atoms with Crippen molar-refractivity contribution in [1.29, 1.82) is 0 Å². The van der Waals surface area contributed by atoms with Crippen molar-refractivity contribution in [3.8, 4) is 5.75 Å². The molecule has 0 amide bonds. The van der Waals surface area contributed by atoms with Crippen LogP contribution in [-0.2, 0) is 11.3 Å². The van der Waals surface area contributed by atoms with E-state index in [2.05, 4.69) is 22.5 Å². The second-order valence-corrected chi connectivity index (χ2v) is 5.00. The van der Waals surface area contributed by atoms with Crippen molar-refractivity contribution < 1.29 is 9.47 Å². The number of rotatable bonds is 10. The van der Waals surface area contributed by atoms with Gasteiger partial charge in [0, 0.05) is 25.7 Å². The van der Waals surface area contributed by atoms with Gasteiger partial charge in [0.15, 0.2) is 5.96 Å². The van der Waals surface area contributed by atoms with Crippen LogP contribution in [0, 0.1) is 0 Å². The van der Waals surface area contributed by atoms with Gasteiger partial charge < -0.3 is 20.1 Å². The van der Waals surface area contributed by atoms with E-state index in [-0.39, 0.29) is 24.0 Å². The zero-order valence-corrected chi connectivity index (χ0v) is 16.8. The topological polar surface area (TPSA) is 54.9 Å². The summed E-state index contributed by atoms with van der Waals surface area (Å²) in [5, 5.41) is 6.54. The summed E-state index contributed by atoms with van der Waals surface area (Å²) in [6, 6.07) is 7.90. The molecule has 6 heteroatoms. The van der Waals surface area contributed by atoms with Gasteiger partial charge in [-0.05, 0) is 12.5 Å². The van der Waals surface area contributed by atoms with Crippen LogP contribution in [0.2, 0.25) is 0 Å². The Morgan fingerprint density at radius 3 is 2.57 bits per heavy atom. The molecule has 0 heterocycles. The van der Waals surface area contributed by atoms with Crippen LogP contribution in [0.5, 0.6) is 5.75 Å². The first-order valence-corrected chi connectivity index (χ1v) is 7.96. The van der Waals surface area contributed by atoms with Gasteiger partial charge >= 0.3 is 0 Å². The molecule has 1 rings (SSSR count). The predicted octanol–water partition coefficient (Wildman–Crippen LogP) is 3.19. The minimum absolute atomic E-state index is 0. The van der Waals surface area contributed by atoms with Crippen molar-refractivity contribution in [2.75, 3.05) is 33.9 Å². The summed E-state index contributed by atoms with van der Waals surface area (Å²) in [4.78, 5) is 4.19. The molecule has 0 atom stereocenters. The maximum absolute atomic E-state index is 5.67. The molecule has 0 aliphatic carbocycles. The Balaban J connectivity index is 0.00000484. The van der Waals surface area contributed by atoms with E-state index < -0.39 is 0 Å². The highest BCUT2D eigenvalue weighted by Crippen LogP contribution is 2.17. The summed E-state index contributed by atoms with van der Waals surface area (Å²) in [5.41, 5.74) is 1.06. The molecule has 1 aromatic rings. The van der Waals surface area contributed by atoms with E-state index in [0.717, 1.165) is 30.4 Å². The number of nitrogens with one attached hydrogen (secondary N) is 2. The zero-order chi connectivity index (χ0) is 16.0. The summed E-state index contributed by atoms with van der Waals surface area (Å²) in [7, 11) is 3.46. The molecule has 0 radical (unpaired) electrons. The van der Waals surface area contributed by atoms with E-state index in [1.165, 1.54) is 19.3 Å². The quantitative estimate of drug-likeness (QED) is 0.257. The summed E-state index contributed by atoms with van der Waals surface area (Å²) >= 11 is 0. The lowest BCUT2D eigenvalue weighted by Gasteiger charge is -2.12. The van der Waals surface area contributed by atoms with Crippen molar-refractivity contribution in [1.82, 2.24) is 10.6 Å². The van der Waals surface area contributed by atoms with Gasteiger partial charge in [0.2, 0.25) is 0 Å². The summed E-state index contributed by atoms with van der Waals surface area (Å²) in [6.45, 7) is 5.05. The minimum Gasteiger partial charge on any atom is -0.496 e. The number of methoxy groups -OCH3 is 1. The molecule has 0 aliphatic rings. The number of benzene rings is 1. The monoisotopic (exact) mass is 435 g/mol. The molecule has 0 aromatic heterocycles. The van der Waals surface area contributed by atoms with Crippen molar-refractivity contribution >= 4 is 29.9 Å². The molecular formula is C17H30IN3O2. The average Bonchev–Trinajstić information content (AvgIpc) is 2.56. The fraction of sp³-hybridized carbons (Fsp3) is 0.588. The smallest absolute Gasteiger partial charge is 0.191 e. The van der Waals surface area contributed by atoms with Crippen LogP contribution in [0.25, 0.3) is 0 Å². The predicted molar refractivity (Wildman–Crippen MR) is 107 cm³/mol. The highest BCUT2D eigenvalue weighted by molar-refractivity contribution is 14.0. The Kier molecular flexibility index (Phi) is 13.9. The minimum atomic E-state index is 0. The number of hydrogen-bond acceptors (Lipinski definition) is 3. The Labute approximate surface area is 157 Å². The largest absolute Gasteiger partial charge is 0.496 e. The Hall–Kier alpha value is -1.02. The van der Waals surface area contributed by atoms with Crippen LogP contribution >= 0.6 is 24.0 Å². The van der Waals surface area contributed by atoms with Gasteiger partial charge in [0.05, 0.1) is 20.3 Å². The standard InChI is InChI=1S/C17H29N3O2.HI/c1-4-5-8-11-19-17(18-2)20-12-13-22-14-15-9-6-7-10-16(15)21-3;/h6-7,9-10H,4-5,8,11-14H2,1-3H3,(H2,18,19,20);1H. The van der Waals surface area contributed by atoms with Crippen LogP contribution in [0.1, 0.15) is 31.7 Å². The molecular weight excluding hydrogens is 405 g/mol. The average molecular weight is 435 g/mol. The van der Waals surface area contributed by atoms with Crippen molar-refractivity contribution in [2.24, 2.45) is 4.99 Å². The van der Waals surface area contributed by atoms with Gasteiger partial charge in [-0.25, -0.2) is 0 Å². The first-order chi connectivity index (χ1) is 10.8. The SMILES string of the molecule is CCCCCNC(=NC)NCCOCc1ccccc1OC.I. The molecule has 5 nitrogen and oxygen atoms in total. The second-order valence-electron chi connectivity index (χ2n) is 5.00. The molecule has 0 saturated carbocycles. The summed E-state index contributed by atoms with van der Waals surface area (Å²) in [6.07, 6.45) is 3.64. The van der Waals surface area contributed by atoms with E-state index in [9.17, 15) is 0 Å². The van der Waals surface area contributed by atoms with Crippen LogP contribution in [0.4, 0.5) is 0 Å². The molecule has 0 aliphatic heterocycles. The number of ether oxygens (including phenoxy) is 2. The number of nitrogens with zero attached hydrogens (tertiary/aromatic N) is 1. The summed E-state index contributed by atoms with van der Waals surface area (Å²) < 4.78 is 11.0. The van der Waals surface area contributed by atoms with Crippen molar-refractivity contribution in [3.63, 3.8) is 0 Å². The fourth-order valence-electron chi connectivity index (χ4n) is 2.05. The van der Waals surface area contributed by atoms with Crippen LogP contribution in [0.15, 0.2) is 29.3 Å². The van der Waals surface area contributed by atoms with Crippen LogP contribution in [-0.4, -0.2) is 39.8 Å². The van der Waals surface area contributed by atoms with Gasteiger partial charge in [0.1, 0.15) is 5.75 Å². The molecule has 1 aromatic carbocycles. The Morgan fingerprint density at radius 2 is 1.87 bits per heavy atom. The number of aliphatic imine (C=N–C) groups is 1. The molecule has 0 unspecified atom stereocenters. The normalized spacial score (nSPS) is 10.8. The van der Waals surface area contributed by atoms with Crippen LogP contribution in [0.3, 0.4) is 0 Å². The van der Waals surface area contributed by atoms with Crippen molar-refractivity contribution in [3.05, 3.63) is 29.8 Å². The van der Waals surface area contributed by atoms with Gasteiger partial charge in [-0.3, -0.25) is 4.99 Å². The van der Waals surface area contributed by atoms with E-state index in [0.29, 0.717) is 13.2 Å².